The van der Waals surface area contributed by atoms with E-state index in [4.69, 9.17) is 14.2 Å². The number of carbonyl (C=O) groups is 3. The van der Waals surface area contributed by atoms with Gasteiger partial charge in [-0.1, -0.05) is 291 Å². The van der Waals surface area contributed by atoms with Crippen molar-refractivity contribution in [2.24, 2.45) is 0 Å². The second-order valence-electron chi connectivity index (χ2n) is 22.7. The molecule has 0 radical (unpaired) electrons. The van der Waals surface area contributed by atoms with E-state index in [1.165, 1.54) is 173 Å². The molecule has 81 heavy (non-hydrogen) atoms. The summed E-state index contributed by atoms with van der Waals surface area (Å²) in [6, 6.07) is 0. The topological polar surface area (TPSA) is 78.9 Å². The molecule has 0 spiro atoms. The number of esters is 3. The molecule has 0 heterocycles. The summed E-state index contributed by atoms with van der Waals surface area (Å²) in [6.45, 7) is 6.52. The number of carbonyl (C=O) groups excluding carboxylic acids is 3. The fourth-order valence-corrected chi connectivity index (χ4v) is 9.59. The van der Waals surface area contributed by atoms with Gasteiger partial charge in [-0.15, -0.1) is 0 Å². The van der Waals surface area contributed by atoms with Gasteiger partial charge in [0.1, 0.15) is 13.2 Å². The van der Waals surface area contributed by atoms with Gasteiger partial charge in [-0.3, -0.25) is 14.4 Å². The zero-order valence-electron chi connectivity index (χ0n) is 53.3. The average Bonchev–Trinajstić information content (AvgIpc) is 3.47. The molecule has 6 nitrogen and oxygen atoms in total. The Hall–Kier alpha value is -3.93. The summed E-state index contributed by atoms with van der Waals surface area (Å²) in [6.07, 6.45) is 93.8. The van der Waals surface area contributed by atoms with Gasteiger partial charge >= 0.3 is 17.9 Å². The molecule has 6 heteroatoms. The van der Waals surface area contributed by atoms with Crippen LogP contribution in [0.3, 0.4) is 0 Å². The molecule has 464 valence electrons. The van der Waals surface area contributed by atoms with Crippen LogP contribution in [0.15, 0.2) is 109 Å². The maximum atomic E-state index is 13.0. The standard InChI is InChI=1S/C75H128O6/c1-4-7-10-13-16-19-22-25-28-30-32-34-35-36-37-38-39-41-42-44-47-50-53-56-59-62-65-68-74(77)80-71-72(70-79-73(76)67-64-61-58-55-52-49-46-27-24-21-18-15-12-9-6-3)81-75(78)69-66-63-60-57-54-51-48-45-43-40-33-31-29-26-23-20-17-14-11-8-5-2/h7,10,16,19,23,25-28,31-34,36-37,39,41,46,72H,4-6,8-9,11-15,17-18,20-22,24,29-30,35,38,40,42-45,47-71H2,1-3H3/b10-7-,19-16-,26-23-,28-25-,33-31-,34-32-,37-36-,41-39-,46-27-. The van der Waals surface area contributed by atoms with Crippen molar-refractivity contribution in [2.75, 3.05) is 13.2 Å². The van der Waals surface area contributed by atoms with Crippen LogP contribution in [0, 0.1) is 0 Å². The number of allylic oxidation sites excluding steroid dienone is 18. The molecule has 0 saturated carbocycles. The van der Waals surface area contributed by atoms with Crippen molar-refractivity contribution in [3.05, 3.63) is 109 Å². The van der Waals surface area contributed by atoms with Crippen molar-refractivity contribution in [1.82, 2.24) is 0 Å². The second kappa shape index (κ2) is 68.6. The molecular weight excluding hydrogens is 997 g/mol. The predicted octanol–water partition coefficient (Wildman–Crippen LogP) is 23.8. The van der Waals surface area contributed by atoms with Gasteiger partial charge in [-0.05, 0) is 128 Å². The number of ether oxygens (including phenoxy) is 3. The molecule has 0 aromatic rings. The van der Waals surface area contributed by atoms with Gasteiger partial charge < -0.3 is 14.2 Å². The summed E-state index contributed by atoms with van der Waals surface area (Å²) in [4.78, 5) is 38.4. The SMILES string of the molecule is CC/C=C\C/C=C\C/C=C\C/C=C\C/C=C\C/C=C\CCCCCCCCCCC(=O)OCC(COC(=O)CCCCCCC/C=C\CCCCCCCC)OC(=O)CCCCCCCCCCC/C=C\C/C=C\CCCCCCC. The number of hydrogen-bond acceptors (Lipinski definition) is 6. The molecule has 1 unspecified atom stereocenters. The van der Waals surface area contributed by atoms with Crippen molar-refractivity contribution in [3.8, 4) is 0 Å². The van der Waals surface area contributed by atoms with Crippen molar-refractivity contribution in [2.45, 2.75) is 335 Å². The molecule has 0 fully saturated rings. The van der Waals surface area contributed by atoms with Crippen LogP contribution < -0.4 is 0 Å². The minimum absolute atomic E-state index is 0.0861. The van der Waals surface area contributed by atoms with Gasteiger partial charge in [-0.2, -0.15) is 0 Å². The van der Waals surface area contributed by atoms with Crippen molar-refractivity contribution >= 4 is 17.9 Å². The molecule has 0 aromatic heterocycles. The third-order valence-electron chi connectivity index (χ3n) is 14.7. The first-order valence-electron chi connectivity index (χ1n) is 34.4. The van der Waals surface area contributed by atoms with Crippen molar-refractivity contribution < 1.29 is 28.6 Å². The molecule has 0 amide bonds. The van der Waals surface area contributed by atoms with E-state index in [1.807, 2.05) is 0 Å². The van der Waals surface area contributed by atoms with E-state index in [9.17, 15) is 14.4 Å². The second-order valence-corrected chi connectivity index (χ2v) is 22.7. The summed E-state index contributed by atoms with van der Waals surface area (Å²) in [5.41, 5.74) is 0. The molecule has 0 aliphatic heterocycles. The molecule has 0 aliphatic rings. The molecule has 0 aliphatic carbocycles. The van der Waals surface area contributed by atoms with Crippen molar-refractivity contribution in [3.63, 3.8) is 0 Å². The predicted molar refractivity (Wildman–Crippen MR) is 353 cm³/mol. The normalized spacial score (nSPS) is 12.8. The Balaban J connectivity index is 4.37. The minimum Gasteiger partial charge on any atom is -0.462 e. The maximum Gasteiger partial charge on any atom is 0.306 e. The number of unbranched alkanes of at least 4 members (excludes halogenated alkanes) is 33. The average molecular weight is 1130 g/mol. The third kappa shape index (κ3) is 66.8. The van der Waals surface area contributed by atoms with E-state index in [0.29, 0.717) is 19.3 Å². The Kier molecular flexibility index (Phi) is 65.2. The Morgan fingerprint density at radius 3 is 0.765 bits per heavy atom. The van der Waals surface area contributed by atoms with Gasteiger partial charge in [0, 0.05) is 19.3 Å². The summed E-state index contributed by atoms with van der Waals surface area (Å²) in [7, 11) is 0. The molecule has 0 bridgehead atoms. The summed E-state index contributed by atoms with van der Waals surface area (Å²) in [5.74, 6) is -0.895. The summed E-state index contributed by atoms with van der Waals surface area (Å²) < 4.78 is 17.0. The summed E-state index contributed by atoms with van der Waals surface area (Å²) in [5, 5.41) is 0. The van der Waals surface area contributed by atoms with Gasteiger partial charge in [0.05, 0.1) is 0 Å². The fraction of sp³-hybridized carbons (Fsp3) is 0.720. The Labute approximate surface area is 501 Å². The lowest BCUT2D eigenvalue weighted by Crippen LogP contribution is -2.30. The van der Waals surface area contributed by atoms with Crippen LogP contribution in [0.25, 0.3) is 0 Å². The number of rotatable bonds is 62. The van der Waals surface area contributed by atoms with Gasteiger partial charge in [0.15, 0.2) is 6.10 Å². The highest BCUT2D eigenvalue weighted by atomic mass is 16.6. The van der Waals surface area contributed by atoms with Gasteiger partial charge in [0.25, 0.3) is 0 Å². The fourth-order valence-electron chi connectivity index (χ4n) is 9.59. The van der Waals surface area contributed by atoms with E-state index in [2.05, 4.69) is 130 Å². The first-order chi connectivity index (χ1) is 40.0. The quantitative estimate of drug-likeness (QED) is 0.0261. The van der Waals surface area contributed by atoms with Crippen LogP contribution in [-0.4, -0.2) is 37.2 Å². The Morgan fingerprint density at radius 1 is 0.259 bits per heavy atom. The Morgan fingerprint density at radius 2 is 0.481 bits per heavy atom. The highest BCUT2D eigenvalue weighted by Crippen LogP contribution is 2.16. The lowest BCUT2D eigenvalue weighted by molar-refractivity contribution is -0.167. The van der Waals surface area contributed by atoms with E-state index in [1.54, 1.807) is 0 Å². The monoisotopic (exact) mass is 1120 g/mol. The zero-order valence-corrected chi connectivity index (χ0v) is 53.3. The lowest BCUT2D eigenvalue weighted by atomic mass is 10.1. The van der Waals surface area contributed by atoms with Crippen LogP contribution in [0.1, 0.15) is 329 Å². The maximum absolute atomic E-state index is 13.0. The van der Waals surface area contributed by atoms with Crippen LogP contribution in [0.5, 0.6) is 0 Å². The third-order valence-corrected chi connectivity index (χ3v) is 14.7. The molecule has 0 saturated heterocycles. The lowest BCUT2D eigenvalue weighted by Gasteiger charge is -2.18. The van der Waals surface area contributed by atoms with E-state index < -0.39 is 6.10 Å². The largest absolute Gasteiger partial charge is 0.462 e. The van der Waals surface area contributed by atoms with Crippen molar-refractivity contribution in [1.29, 1.82) is 0 Å². The molecule has 1 atom stereocenters. The highest BCUT2D eigenvalue weighted by Gasteiger charge is 2.19. The Bertz CT molecular complexity index is 1620. The minimum atomic E-state index is -0.791. The van der Waals surface area contributed by atoms with E-state index in [-0.39, 0.29) is 31.1 Å². The molecule has 0 N–H and O–H groups in total. The van der Waals surface area contributed by atoms with Gasteiger partial charge in [-0.25, -0.2) is 0 Å². The van der Waals surface area contributed by atoms with E-state index >= 15 is 0 Å². The first kappa shape index (κ1) is 77.1. The molecule has 0 rings (SSSR count). The van der Waals surface area contributed by atoms with Crippen LogP contribution in [0.2, 0.25) is 0 Å². The number of hydrogen-bond donors (Lipinski definition) is 0. The molecular formula is C75H128O6. The summed E-state index contributed by atoms with van der Waals surface area (Å²) >= 11 is 0. The van der Waals surface area contributed by atoms with E-state index in [0.717, 1.165) is 116 Å². The van der Waals surface area contributed by atoms with Gasteiger partial charge in [0.2, 0.25) is 0 Å². The highest BCUT2D eigenvalue weighted by molar-refractivity contribution is 5.71. The van der Waals surface area contributed by atoms with Crippen LogP contribution in [0.4, 0.5) is 0 Å². The van der Waals surface area contributed by atoms with Crippen LogP contribution in [-0.2, 0) is 28.6 Å². The smallest absolute Gasteiger partial charge is 0.306 e. The van der Waals surface area contributed by atoms with Crippen LogP contribution >= 0.6 is 0 Å². The first-order valence-corrected chi connectivity index (χ1v) is 34.4. The molecule has 0 aromatic carbocycles. The zero-order chi connectivity index (χ0) is 58.5.